The maximum atomic E-state index is 12.5. The van der Waals surface area contributed by atoms with Gasteiger partial charge in [-0.1, -0.05) is 48.5 Å². The van der Waals surface area contributed by atoms with E-state index in [2.05, 4.69) is 49.4 Å². The molecule has 1 aliphatic heterocycles. The number of aromatic nitrogens is 2. The van der Waals surface area contributed by atoms with Gasteiger partial charge in [-0.05, 0) is 11.6 Å². The summed E-state index contributed by atoms with van der Waals surface area (Å²) >= 11 is 0. The number of anilines is 2. The average molecular weight is 418 g/mol. The molecular weight excluding hydrogens is 390 g/mol. The van der Waals surface area contributed by atoms with Crippen LogP contribution < -0.4 is 15.0 Å². The van der Waals surface area contributed by atoms with Gasteiger partial charge in [0, 0.05) is 44.4 Å². The molecule has 160 valence electrons. The van der Waals surface area contributed by atoms with Crippen molar-refractivity contribution in [3.05, 3.63) is 78.1 Å². The largest absolute Gasteiger partial charge is 0.496 e. The predicted molar refractivity (Wildman–Crippen MR) is 121 cm³/mol. The van der Waals surface area contributed by atoms with Gasteiger partial charge >= 0.3 is 0 Å². The molecule has 1 aliphatic rings. The monoisotopic (exact) mass is 417 g/mol. The van der Waals surface area contributed by atoms with Gasteiger partial charge in [0.1, 0.15) is 23.7 Å². The summed E-state index contributed by atoms with van der Waals surface area (Å²) in [5.41, 5.74) is 2.17. The quantitative estimate of drug-likeness (QED) is 0.637. The van der Waals surface area contributed by atoms with Gasteiger partial charge in [-0.25, -0.2) is 9.97 Å². The van der Waals surface area contributed by atoms with Crippen molar-refractivity contribution in [3.8, 4) is 5.75 Å². The lowest BCUT2D eigenvalue weighted by Crippen LogP contribution is -2.46. The number of benzene rings is 2. The number of piperazine rings is 1. The molecule has 0 spiro atoms. The molecule has 1 fully saturated rings. The van der Waals surface area contributed by atoms with E-state index in [4.69, 9.17) is 4.74 Å². The fourth-order valence-electron chi connectivity index (χ4n) is 3.77. The van der Waals surface area contributed by atoms with Crippen molar-refractivity contribution in [2.75, 3.05) is 43.5 Å². The predicted octanol–water partition coefficient (Wildman–Crippen LogP) is 2.99. The molecular formula is C24H27N5O2. The van der Waals surface area contributed by atoms with Crippen molar-refractivity contribution in [1.82, 2.24) is 14.9 Å². The molecule has 7 nitrogen and oxygen atoms in total. The number of nitrogens with zero attached hydrogens (tertiary/aromatic N) is 4. The second-order valence-corrected chi connectivity index (χ2v) is 7.55. The van der Waals surface area contributed by atoms with Gasteiger partial charge in [-0.15, -0.1) is 0 Å². The zero-order valence-electron chi connectivity index (χ0n) is 17.7. The Labute approximate surface area is 182 Å². The highest BCUT2D eigenvalue weighted by Crippen LogP contribution is 2.20. The van der Waals surface area contributed by atoms with Crippen LogP contribution in [0.5, 0.6) is 5.75 Å². The van der Waals surface area contributed by atoms with E-state index in [-0.39, 0.29) is 12.3 Å². The van der Waals surface area contributed by atoms with Crippen molar-refractivity contribution in [1.29, 1.82) is 0 Å². The van der Waals surface area contributed by atoms with Gasteiger partial charge in [0.05, 0.1) is 13.5 Å². The maximum Gasteiger partial charge on any atom is 0.230 e. The Hall–Kier alpha value is -3.45. The molecule has 1 amide bonds. The molecule has 31 heavy (non-hydrogen) atoms. The molecule has 0 saturated carbocycles. The lowest BCUT2D eigenvalue weighted by atomic mass is 10.1. The van der Waals surface area contributed by atoms with Gasteiger partial charge in [-0.3, -0.25) is 9.69 Å². The van der Waals surface area contributed by atoms with Crippen LogP contribution in [0.2, 0.25) is 0 Å². The Balaban J connectivity index is 1.33. The van der Waals surface area contributed by atoms with E-state index in [0.717, 1.165) is 44.1 Å². The molecule has 3 aromatic rings. The molecule has 0 bridgehead atoms. The van der Waals surface area contributed by atoms with Gasteiger partial charge in [0.25, 0.3) is 0 Å². The molecule has 2 heterocycles. The molecule has 4 rings (SSSR count). The SMILES string of the molecule is COc1ccccc1CC(=O)Nc1cc(N2CCN(Cc3ccccc3)CC2)ncn1. The van der Waals surface area contributed by atoms with Crippen molar-refractivity contribution in [2.45, 2.75) is 13.0 Å². The molecule has 0 atom stereocenters. The second-order valence-electron chi connectivity index (χ2n) is 7.55. The second kappa shape index (κ2) is 10.0. The van der Waals surface area contributed by atoms with Crippen LogP contribution in [0.4, 0.5) is 11.6 Å². The van der Waals surface area contributed by atoms with Crippen LogP contribution >= 0.6 is 0 Å². The number of ether oxygens (including phenoxy) is 1. The summed E-state index contributed by atoms with van der Waals surface area (Å²) in [4.78, 5) is 25.8. The zero-order valence-corrected chi connectivity index (χ0v) is 17.7. The number of hydrogen-bond donors (Lipinski definition) is 1. The first-order chi connectivity index (χ1) is 15.2. The van der Waals surface area contributed by atoms with Crippen LogP contribution in [-0.2, 0) is 17.8 Å². The Kier molecular flexibility index (Phi) is 6.74. The minimum atomic E-state index is -0.137. The van der Waals surface area contributed by atoms with Crippen LogP contribution in [-0.4, -0.2) is 54.1 Å². The lowest BCUT2D eigenvalue weighted by Gasteiger charge is -2.35. The van der Waals surface area contributed by atoms with Crippen molar-refractivity contribution in [3.63, 3.8) is 0 Å². The topological polar surface area (TPSA) is 70.6 Å². The van der Waals surface area contributed by atoms with E-state index in [9.17, 15) is 4.79 Å². The van der Waals surface area contributed by atoms with E-state index in [1.165, 1.54) is 11.9 Å². The number of carbonyl (C=O) groups excluding carboxylic acids is 1. The van der Waals surface area contributed by atoms with E-state index < -0.39 is 0 Å². The highest BCUT2D eigenvalue weighted by molar-refractivity contribution is 5.92. The van der Waals surface area contributed by atoms with Gasteiger partial charge in [0.2, 0.25) is 5.91 Å². The number of rotatable bonds is 7. The Bertz CT molecular complexity index is 1000. The third-order valence-electron chi connectivity index (χ3n) is 5.41. The molecule has 1 saturated heterocycles. The van der Waals surface area contributed by atoms with Crippen LogP contribution in [0.25, 0.3) is 0 Å². The highest BCUT2D eigenvalue weighted by Gasteiger charge is 2.19. The van der Waals surface area contributed by atoms with Crippen molar-refractivity contribution < 1.29 is 9.53 Å². The van der Waals surface area contributed by atoms with Crippen LogP contribution in [0.3, 0.4) is 0 Å². The van der Waals surface area contributed by atoms with Crippen LogP contribution in [0, 0.1) is 0 Å². The molecule has 0 aliphatic carbocycles. The minimum Gasteiger partial charge on any atom is -0.496 e. The van der Waals surface area contributed by atoms with Crippen LogP contribution in [0.1, 0.15) is 11.1 Å². The average Bonchev–Trinajstić information content (AvgIpc) is 2.81. The zero-order chi connectivity index (χ0) is 21.5. The Morgan fingerprint density at radius 2 is 1.74 bits per heavy atom. The minimum absolute atomic E-state index is 0.137. The number of para-hydroxylation sites is 1. The number of carbonyl (C=O) groups is 1. The first-order valence-corrected chi connectivity index (χ1v) is 10.5. The lowest BCUT2D eigenvalue weighted by molar-refractivity contribution is -0.115. The van der Waals surface area contributed by atoms with E-state index in [0.29, 0.717) is 11.6 Å². The normalized spacial score (nSPS) is 14.3. The standard InChI is InChI=1S/C24H27N5O2/c1-31-21-10-6-5-9-20(21)15-24(30)27-22-16-23(26-18-25-22)29-13-11-28(12-14-29)17-19-7-3-2-4-8-19/h2-10,16,18H,11-15,17H2,1H3,(H,25,26,27,30). The molecule has 2 aromatic carbocycles. The summed E-state index contributed by atoms with van der Waals surface area (Å²) in [7, 11) is 1.60. The first kappa shape index (κ1) is 20.8. The first-order valence-electron chi connectivity index (χ1n) is 10.5. The fraction of sp³-hybridized carbons (Fsp3) is 0.292. The summed E-state index contributed by atoms with van der Waals surface area (Å²) in [6, 6.07) is 19.9. The molecule has 0 radical (unpaired) electrons. The van der Waals surface area contributed by atoms with E-state index in [1.54, 1.807) is 7.11 Å². The van der Waals surface area contributed by atoms with E-state index >= 15 is 0 Å². The third-order valence-corrected chi connectivity index (χ3v) is 5.41. The van der Waals surface area contributed by atoms with Gasteiger partial charge in [0.15, 0.2) is 0 Å². The van der Waals surface area contributed by atoms with Crippen molar-refractivity contribution >= 4 is 17.5 Å². The molecule has 1 aromatic heterocycles. The summed E-state index contributed by atoms with van der Waals surface area (Å²) in [5.74, 6) is 1.91. The summed E-state index contributed by atoms with van der Waals surface area (Å²) in [6.45, 7) is 4.67. The summed E-state index contributed by atoms with van der Waals surface area (Å²) in [6.07, 6.45) is 1.73. The maximum absolute atomic E-state index is 12.5. The fourth-order valence-corrected chi connectivity index (χ4v) is 3.77. The molecule has 1 N–H and O–H groups in total. The Morgan fingerprint density at radius 1 is 1.00 bits per heavy atom. The number of hydrogen-bond acceptors (Lipinski definition) is 6. The number of nitrogens with one attached hydrogen (secondary N) is 1. The van der Waals surface area contributed by atoms with Gasteiger partial charge in [-0.2, -0.15) is 0 Å². The highest BCUT2D eigenvalue weighted by atomic mass is 16.5. The van der Waals surface area contributed by atoms with Crippen molar-refractivity contribution in [2.24, 2.45) is 0 Å². The van der Waals surface area contributed by atoms with Crippen LogP contribution in [0.15, 0.2) is 67.0 Å². The smallest absolute Gasteiger partial charge is 0.230 e. The van der Waals surface area contributed by atoms with Gasteiger partial charge < -0.3 is 15.0 Å². The molecule has 0 unspecified atom stereocenters. The summed E-state index contributed by atoms with van der Waals surface area (Å²) in [5, 5.41) is 2.88. The third kappa shape index (κ3) is 5.58. The summed E-state index contributed by atoms with van der Waals surface area (Å²) < 4.78 is 5.32. The Morgan fingerprint density at radius 3 is 2.52 bits per heavy atom. The number of methoxy groups -OCH3 is 1. The molecule has 7 heteroatoms. The number of amides is 1. The van der Waals surface area contributed by atoms with E-state index in [1.807, 2.05) is 36.4 Å².